The Morgan fingerprint density at radius 3 is 2.17 bits per heavy atom. The first kappa shape index (κ1) is 23.1. The van der Waals surface area contributed by atoms with Gasteiger partial charge in [0, 0.05) is 25.7 Å². The molecular weight excluding hydrogens is 328 g/mol. The van der Waals surface area contributed by atoms with Crippen LogP contribution in [-0.4, -0.2) is 39.5 Å². The van der Waals surface area contributed by atoms with Crippen molar-refractivity contribution in [1.82, 2.24) is 0 Å². The topological polar surface area (TPSA) is 44.8 Å². The molecule has 0 aromatic heterocycles. The summed E-state index contributed by atoms with van der Waals surface area (Å²) >= 11 is 1.85. The molecular formula is C17H36O4SSi. The minimum atomic E-state index is -2.50. The van der Waals surface area contributed by atoms with E-state index in [1.165, 1.54) is 19.3 Å². The Morgan fingerprint density at radius 2 is 1.61 bits per heavy atom. The van der Waals surface area contributed by atoms with Crippen LogP contribution in [0.15, 0.2) is 0 Å². The molecule has 4 nitrogen and oxygen atoms in total. The second kappa shape index (κ2) is 15.6. The number of thioether (sulfide) groups is 1. The van der Waals surface area contributed by atoms with Crippen molar-refractivity contribution in [3.63, 3.8) is 0 Å². The van der Waals surface area contributed by atoms with Crippen molar-refractivity contribution in [3.8, 4) is 0 Å². The molecule has 23 heavy (non-hydrogen) atoms. The highest BCUT2D eigenvalue weighted by Crippen LogP contribution is 2.25. The van der Waals surface area contributed by atoms with Gasteiger partial charge in [-0.15, -0.1) is 11.8 Å². The maximum atomic E-state index is 10.2. The summed E-state index contributed by atoms with van der Waals surface area (Å²) < 4.78 is 18.1. The summed E-state index contributed by atoms with van der Waals surface area (Å²) in [7, 11) is -2.50. The van der Waals surface area contributed by atoms with E-state index in [0.29, 0.717) is 19.6 Å². The highest BCUT2D eigenvalue weighted by molar-refractivity contribution is 7.99. The van der Waals surface area contributed by atoms with Crippen molar-refractivity contribution < 1.29 is 18.1 Å². The van der Waals surface area contributed by atoms with Gasteiger partial charge >= 0.3 is 8.80 Å². The summed E-state index contributed by atoms with van der Waals surface area (Å²) in [5.74, 6) is 1.10. The second-order valence-electron chi connectivity index (χ2n) is 5.58. The van der Waals surface area contributed by atoms with Crippen molar-refractivity contribution >= 4 is 26.9 Å². The predicted molar refractivity (Wildman–Crippen MR) is 101 cm³/mol. The molecule has 0 aliphatic rings. The van der Waals surface area contributed by atoms with Gasteiger partial charge in [0.25, 0.3) is 0 Å². The van der Waals surface area contributed by atoms with Crippen molar-refractivity contribution in [2.75, 3.05) is 19.0 Å². The van der Waals surface area contributed by atoms with E-state index in [4.69, 9.17) is 13.3 Å². The third kappa shape index (κ3) is 12.2. The van der Waals surface area contributed by atoms with Gasteiger partial charge < -0.3 is 18.1 Å². The Hall–Kier alpha value is 0.117. The van der Waals surface area contributed by atoms with Crippen LogP contribution in [0.3, 0.4) is 0 Å². The number of hydrogen-bond donors (Lipinski definition) is 0. The first-order valence-electron chi connectivity index (χ1n) is 9.15. The highest BCUT2D eigenvalue weighted by Gasteiger charge is 2.41. The van der Waals surface area contributed by atoms with Gasteiger partial charge in [-0.25, -0.2) is 0 Å². The first-order valence-corrected chi connectivity index (χ1v) is 12.1. The van der Waals surface area contributed by atoms with Crippen LogP contribution < -0.4 is 0 Å². The van der Waals surface area contributed by atoms with Gasteiger partial charge in [0.2, 0.25) is 0 Å². The summed E-state index contributed by atoms with van der Waals surface area (Å²) in [6.45, 7) is 9.54. The molecule has 0 fully saturated rings. The van der Waals surface area contributed by atoms with E-state index in [1.807, 2.05) is 25.6 Å². The molecule has 0 saturated heterocycles. The zero-order chi connectivity index (χ0) is 17.4. The summed E-state index contributed by atoms with van der Waals surface area (Å²) in [5, 5.41) is 0. The molecule has 138 valence electrons. The van der Waals surface area contributed by atoms with Gasteiger partial charge in [0.15, 0.2) is 0 Å². The summed E-state index contributed by atoms with van der Waals surface area (Å²) in [6.07, 6.45) is 8.58. The average molecular weight is 365 g/mol. The van der Waals surface area contributed by atoms with Gasteiger partial charge in [-0.3, -0.25) is 0 Å². The average Bonchev–Trinajstić information content (AvgIpc) is 2.50. The Labute approximate surface area is 148 Å². The Balaban J connectivity index is 3.97. The quantitative estimate of drug-likeness (QED) is 0.156. The minimum absolute atomic E-state index is 0.112. The van der Waals surface area contributed by atoms with Crippen LogP contribution in [0, 0.1) is 0 Å². The number of unbranched alkanes of at least 4 members (excludes halogenated alkanes) is 5. The standard InChI is InChI=1S/C17H36O4SSi/c1-5-16-23(19-6-2,20-7-3)21-17(4)22-15-13-11-9-8-10-12-14-18/h14,17H,5-13,15-16H2,1-4H3. The second-order valence-corrected chi connectivity index (χ2v) is 9.66. The van der Waals surface area contributed by atoms with Gasteiger partial charge in [-0.2, -0.15) is 0 Å². The molecule has 0 aliphatic heterocycles. The van der Waals surface area contributed by atoms with Crippen LogP contribution in [0.2, 0.25) is 6.04 Å². The third-order valence-corrected chi connectivity index (χ3v) is 7.99. The minimum Gasteiger partial charge on any atom is -0.374 e. The Bertz CT molecular complexity index is 262. The molecule has 1 unspecified atom stereocenters. The van der Waals surface area contributed by atoms with Crippen LogP contribution in [-0.2, 0) is 18.1 Å². The molecule has 0 bridgehead atoms. The number of carbonyl (C=O) groups excluding carboxylic acids is 1. The normalized spacial score (nSPS) is 13.2. The summed E-state index contributed by atoms with van der Waals surface area (Å²) in [6, 6.07) is 0.885. The summed E-state index contributed by atoms with van der Waals surface area (Å²) in [5.41, 5.74) is 0.112. The number of aldehydes is 1. The molecule has 0 spiro atoms. The molecule has 0 aromatic carbocycles. The Morgan fingerprint density at radius 1 is 1.00 bits per heavy atom. The monoisotopic (exact) mass is 364 g/mol. The fourth-order valence-electron chi connectivity index (χ4n) is 2.46. The lowest BCUT2D eigenvalue weighted by Gasteiger charge is -2.31. The lowest BCUT2D eigenvalue weighted by atomic mass is 10.1. The highest BCUT2D eigenvalue weighted by atomic mass is 32.2. The zero-order valence-electron chi connectivity index (χ0n) is 15.5. The van der Waals surface area contributed by atoms with E-state index in [2.05, 4.69) is 13.8 Å². The van der Waals surface area contributed by atoms with E-state index in [1.54, 1.807) is 0 Å². The lowest BCUT2D eigenvalue weighted by molar-refractivity contribution is -0.107. The van der Waals surface area contributed by atoms with Gasteiger partial charge in [-0.1, -0.05) is 32.6 Å². The fourth-order valence-corrected chi connectivity index (χ4v) is 6.49. The molecule has 0 radical (unpaired) electrons. The third-order valence-electron chi connectivity index (χ3n) is 3.45. The fraction of sp³-hybridized carbons (Fsp3) is 0.941. The predicted octanol–water partition coefficient (Wildman–Crippen LogP) is 5.04. The maximum Gasteiger partial charge on any atom is 0.501 e. The summed E-state index contributed by atoms with van der Waals surface area (Å²) in [4.78, 5) is 10.2. The molecule has 0 aromatic rings. The number of hydrogen-bond acceptors (Lipinski definition) is 5. The zero-order valence-corrected chi connectivity index (χ0v) is 17.3. The van der Waals surface area contributed by atoms with Crippen molar-refractivity contribution in [2.45, 2.75) is 84.1 Å². The molecule has 0 N–H and O–H groups in total. The van der Waals surface area contributed by atoms with Crippen molar-refractivity contribution in [1.29, 1.82) is 0 Å². The van der Waals surface area contributed by atoms with Crippen LogP contribution in [0.5, 0.6) is 0 Å². The van der Waals surface area contributed by atoms with E-state index in [9.17, 15) is 4.79 Å². The molecule has 1 atom stereocenters. The van der Waals surface area contributed by atoms with Crippen molar-refractivity contribution in [3.05, 3.63) is 0 Å². The SMILES string of the molecule is CCC[Si](OCC)(OCC)OC(C)SCCCCCCCC=O. The van der Waals surface area contributed by atoms with E-state index in [0.717, 1.165) is 37.3 Å². The number of carbonyl (C=O) groups is 1. The van der Waals surface area contributed by atoms with E-state index in [-0.39, 0.29) is 5.44 Å². The molecule has 0 aliphatic carbocycles. The molecule has 0 rings (SSSR count). The van der Waals surface area contributed by atoms with Gasteiger partial charge in [-0.05, 0) is 39.4 Å². The van der Waals surface area contributed by atoms with Crippen molar-refractivity contribution in [2.24, 2.45) is 0 Å². The first-order chi connectivity index (χ1) is 11.1. The van der Waals surface area contributed by atoms with Gasteiger partial charge in [0.05, 0.1) is 5.44 Å². The van der Waals surface area contributed by atoms with Crippen LogP contribution in [0.4, 0.5) is 0 Å². The largest absolute Gasteiger partial charge is 0.501 e. The van der Waals surface area contributed by atoms with Gasteiger partial charge in [0.1, 0.15) is 6.29 Å². The molecule has 0 saturated carbocycles. The number of rotatable bonds is 17. The molecule has 0 amide bonds. The van der Waals surface area contributed by atoms with Crippen LogP contribution in [0.25, 0.3) is 0 Å². The molecule has 6 heteroatoms. The smallest absolute Gasteiger partial charge is 0.374 e. The van der Waals surface area contributed by atoms with E-state index < -0.39 is 8.80 Å². The lowest BCUT2D eigenvalue weighted by Crippen LogP contribution is -2.47. The molecule has 0 heterocycles. The van der Waals surface area contributed by atoms with Crippen LogP contribution in [0.1, 0.15) is 72.6 Å². The van der Waals surface area contributed by atoms with E-state index >= 15 is 0 Å². The maximum absolute atomic E-state index is 10.2. The Kier molecular flexibility index (Phi) is 15.7. The van der Waals surface area contributed by atoms with Crippen LogP contribution >= 0.6 is 11.8 Å².